The zero-order chi connectivity index (χ0) is 17.2. The maximum Gasteiger partial charge on any atom is 0.227 e. The normalized spacial score (nSPS) is 26.9. The van der Waals surface area contributed by atoms with Crippen molar-refractivity contribution in [3.63, 3.8) is 0 Å². The number of carbonyl (C=O) groups is 1. The highest BCUT2D eigenvalue weighted by Crippen LogP contribution is 2.35. The smallest absolute Gasteiger partial charge is 0.227 e. The lowest BCUT2D eigenvalue weighted by Gasteiger charge is -2.37. The molecule has 4 nitrogen and oxygen atoms in total. The number of aliphatic hydroxyl groups excluding tert-OH is 1. The van der Waals surface area contributed by atoms with Crippen LogP contribution in [0.15, 0.2) is 36.5 Å². The third kappa shape index (κ3) is 3.40. The van der Waals surface area contributed by atoms with Crippen molar-refractivity contribution in [1.29, 1.82) is 0 Å². The van der Waals surface area contributed by atoms with E-state index in [1.54, 1.807) is 0 Å². The predicted octanol–water partition coefficient (Wildman–Crippen LogP) is 3.32. The Labute approximate surface area is 148 Å². The van der Waals surface area contributed by atoms with Crippen molar-refractivity contribution in [1.82, 2.24) is 9.88 Å². The number of aliphatic hydroxyl groups is 1. The standard InChI is InChI=1S/C21H26N2O2/c24-20-10-4-2-7-17(20)19-9-5-11-23(19)21(25)13-15-12-16-6-1-3-8-18(16)22-14-15/h1,3,6,8,12,14,17,19-20,24H,2,4-5,7,9-11,13H2. The summed E-state index contributed by atoms with van der Waals surface area (Å²) < 4.78 is 0. The van der Waals surface area contributed by atoms with Crippen LogP contribution >= 0.6 is 0 Å². The first-order valence-corrected chi connectivity index (χ1v) is 9.53. The van der Waals surface area contributed by atoms with Gasteiger partial charge in [0, 0.05) is 30.1 Å². The summed E-state index contributed by atoms with van der Waals surface area (Å²) in [6.45, 7) is 0.827. The van der Waals surface area contributed by atoms with E-state index in [4.69, 9.17) is 0 Å². The Morgan fingerprint density at radius 1 is 1.16 bits per heavy atom. The topological polar surface area (TPSA) is 53.4 Å². The Morgan fingerprint density at radius 3 is 2.88 bits per heavy atom. The molecule has 3 atom stereocenters. The van der Waals surface area contributed by atoms with Crippen LogP contribution in [-0.4, -0.2) is 39.6 Å². The molecular weight excluding hydrogens is 312 g/mol. The quantitative estimate of drug-likeness (QED) is 0.934. The molecule has 132 valence electrons. The Bertz CT molecular complexity index is 760. The lowest BCUT2D eigenvalue weighted by Crippen LogP contribution is -2.45. The number of carbonyl (C=O) groups excluding carboxylic acids is 1. The highest BCUT2D eigenvalue weighted by atomic mass is 16.3. The fourth-order valence-electron chi connectivity index (χ4n) is 4.63. The Hall–Kier alpha value is -1.94. The number of hydrogen-bond donors (Lipinski definition) is 1. The SMILES string of the molecule is O=C(Cc1cnc2ccccc2c1)N1CCCC1C1CCCCC1O. The first kappa shape index (κ1) is 16.5. The summed E-state index contributed by atoms with van der Waals surface area (Å²) in [4.78, 5) is 19.4. The van der Waals surface area contributed by atoms with Crippen molar-refractivity contribution in [2.75, 3.05) is 6.54 Å². The van der Waals surface area contributed by atoms with Gasteiger partial charge in [0.15, 0.2) is 0 Å². The predicted molar refractivity (Wildman–Crippen MR) is 98.1 cm³/mol. The van der Waals surface area contributed by atoms with Crippen LogP contribution < -0.4 is 0 Å². The summed E-state index contributed by atoms with van der Waals surface area (Å²) in [5.41, 5.74) is 1.93. The fraction of sp³-hybridized carbons (Fsp3) is 0.524. The van der Waals surface area contributed by atoms with Gasteiger partial charge < -0.3 is 10.0 Å². The average Bonchev–Trinajstić information content (AvgIpc) is 3.11. The summed E-state index contributed by atoms with van der Waals surface area (Å²) in [6.07, 6.45) is 8.28. The van der Waals surface area contributed by atoms with Gasteiger partial charge in [-0.15, -0.1) is 0 Å². The molecule has 3 unspecified atom stereocenters. The highest BCUT2D eigenvalue weighted by Gasteiger charge is 2.38. The Kier molecular flexibility index (Phi) is 4.71. The van der Waals surface area contributed by atoms with E-state index >= 15 is 0 Å². The van der Waals surface area contributed by atoms with Gasteiger partial charge >= 0.3 is 0 Å². The maximum atomic E-state index is 12.9. The van der Waals surface area contributed by atoms with E-state index in [0.29, 0.717) is 6.42 Å². The number of amides is 1. The van der Waals surface area contributed by atoms with E-state index < -0.39 is 0 Å². The molecule has 2 heterocycles. The summed E-state index contributed by atoms with van der Waals surface area (Å²) >= 11 is 0. The first-order chi connectivity index (χ1) is 12.2. The molecule has 1 N–H and O–H groups in total. The van der Waals surface area contributed by atoms with Gasteiger partial charge in [-0.25, -0.2) is 0 Å². The van der Waals surface area contributed by atoms with E-state index in [-0.39, 0.29) is 24.0 Å². The lowest BCUT2D eigenvalue weighted by atomic mass is 9.80. The molecule has 1 aliphatic carbocycles. The molecule has 1 aromatic carbocycles. The monoisotopic (exact) mass is 338 g/mol. The fourth-order valence-corrected chi connectivity index (χ4v) is 4.63. The molecule has 2 aromatic rings. The largest absolute Gasteiger partial charge is 0.393 e. The van der Waals surface area contributed by atoms with Crippen LogP contribution in [0, 0.1) is 5.92 Å². The number of nitrogens with zero attached hydrogens (tertiary/aromatic N) is 2. The molecule has 1 amide bonds. The number of benzene rings is 1. The average molecular weight is 338 g/mol. The van der Waals surface area contributed by atoms with Crippen LogP contribution in [0.3, 0.4) is 0 Å². The van der Waals surface area contributed by atoms with Crippen LogP contribution in [0.25, 0.3) is 10.9 Å². The summed E-state index contributed by atoms with van der Waals surface area (Å²) in [5, 5.41) is 11.5. The molecule has 1 aromatic heterocycles. The molecule has 0 radical (unpaired) electrons. The van der Waals surface area contributed by atoms with Gasteiger partial charge in [-0.2, -0.15) is 0 Å². The zero-order valence-corrected chi connectivity index (χ0v) is 14.6. The second-order valence-electron chi connectivity index (χ2n) is 7.53. The highest BCUT2D eigenvalue weighted by molar-refractivity contribution is 5.83. The number of aromatic nitrogens is 1. The van der Waals surface area contributed by atoms with Crippen LogP contribution in [0.1, 0.15) is 44.1 Å². The van der Waals surface area contributed by atoms with Crippen molar-refractivity contribution in [3.05, 3.63) is 42.1 Å². The maximum absolute atomic E-state index is 12.9. The van der Waals surface area contributed by atoms with Crippen molar-refractivity contribution < 1.29 is 9.90 Å². The molecule has 0 spiro atoms. The summed E-state index contributed by atoms with van der Waals surface area (Å²) in [7, 11) is 0. The number of likely N-dealkylation sites (tertiary alicyclic amines) is 1. The number of para-hydroxylation sites is 1. The molecule has 2 fully saturated rings. The number of fused-ring (bicyclic) bond motifs is 1. The molecular formula is C21H26N2O2. The molecule has 4 rings (SSSR count). The van der Waals surface area contributed by atoms with E-state index in [2.05, 4.69) is 11.1 Å². The van der Waals surface area contributed by atoms with Crippen molar-refractivity contribution in [2.24, 2.45) is 5.92 Å². The van der Waals surface area contributed by atoms with Crippen molar-refractivity contribution in [2.45, 2.75) is 57.1 Å². The van der Waals surface area contributed by atoms with Crippen LogP contribution in [0.5, 0.6) is 0 Å². The molecule has 1 saturated carbocycles. The lowest BCUT2D eigenvalue weighted by molar-refractivity contribution is -0.133. The van der Waals surface area contributed by atoms with E-state index in [1.807, 2.05) is 35.4 Å². The molecule has 1 saturated heterocycles. The molecule has 4 heteroatoms. The van der Waals surface area contributed by atoms with Gasteiger partial charge in [-0.3, -0.25) is 9.78 Å². The summed E-state index contributed by atoms with van der Waals surface area (Å²) in [6, 6.07) is 10.3. The van der Waals surface area contributed by atoms with Gasteiger partial charge in [0.2, 0.25) is 5.91 Å². The van der Waals surface area contributed by atoms with Gasteiger partial charge in [-0.1, -0.05) is 31.0 Å². The summed E-state index contributed by atoms with van der Waals surface area (Å²) in [5.74, 6) is 0.437. The van der Waals surface area contributed by atoms with Crippen LogP contribution in [0.4, 0.5) is 0 Å². The van der Waals surface area contributed by atoms with Crippen molar-refractivity contribution in [3.8, 4) is 0 Å². The molecule has 25 heavy (non-hydrogen) atoms. The minimum Gasteiger partial charge on any atom is -0.393 e. The Morgan fingerprint density at radius 2 is 2.00 bits per heavy atom. The van der Waals surface area contributed by atoms with E-state index in [0.717, 1.165) is 55.1 Å². The Balaban J connectivity index is 1.49. The third-order valence-electron chi connectivity index (χ3n) is 5.90. The van der Waals surface area contributed by atoms with Gasteiger partial charge in [0.1, 0.15) is 0 Å². The number of pyridine rings is 1. The number of rotatable bonds is 3. The van der Waals surface area contributed by atoms with Gasteiger partial charge in [0.05, 0.1) is 18.0 Å². The van der Waals surface area contributed by atoms with Gasteiger partial charge in [0.25, 0.3) is 0 Å². The minimum atomic E-state index is -0.241. The molecule has 0 bridgehead atoms. The van der Waals surface area contributed by atoms with Crippen LogP contribution in [-0.2, 0) is 11.2 Å². The second kappa shape index (κ2) is 7.12. The van der Waals surface area contributed by atoms with Crippen molar-refractivity contribution >= 4 is 16.8 Å². The van der Waals surface area contributed by atoms with Crippen LogP contribution in [0.2, 0.25) is 0 Å². The second-order valence-corrected chi connectivity index (χ2v) is 7.53. The van der Waals surface area contributed by atoms with E-state index in [1.165, 1.54) is 6.42 Å². The minimum absolute atomic E-state index is 0.178. The third-order valence-corrected chi connectivity index (χ3v) is 5.90. The first-order valence-electron chi connectivity index (χ1n) is 9.53. The van der Waals surface area contributed by atoms with Gasteiger partial charge in [-0.05, 0) is 43.4 Å². The molecule has 2 aliphatic rings. The number of hydrogen-bond acceptors (Lipinski definition) is 3. The molecule has 1 aliphatic heterocycles. The van der Waals surface area contributed by atoms with E-state index in [9.17, 15) is 9.90 Å². The zero-order valence-electron chi connectivity index (χ0n) is 14.6.